The van der Waals surface area contributed by atoms with Gasteiger partial charge < -0.3 is 10.3 Å². The van der Waals surface area contributed by atoms with Crippen molar-refractivity contribution in [2.24, 2.45) is 0 Å². The van der Waals surface area contributed by atoms with Crippen LogP contribution in [0.4, 0.5) is 0 Å². The minimum atomic E-state index is 0.228. The van der Waals surface area contributed by atoms with Crippen molar-refractivity contribution in [3.63, 3.8) is 0 Å². The molecule has 3 nitrogen and oxygen atoms in total. The van der Waals surface area contributed by atoms with Crippen LogP contribution in [0.25, 0.3) is 10.1 Å². The number of rotatable bonds is 5. The van der Waals surface area contributed by atoms with Crippen molar-refractivity contribution in [2.75, 3.05) is 0 Å². The van der Waals surface area contributed by atoms with Crippen molar-refractivity contribution in [1.82, 2.24) is 15.3 Å². The van der Waals surface area contributed by atoms with Gasteiger partial charge in [0.2, 0.25) is 0 Å². The van der Waals surface area contributed by atoms with E-state index in [2.05, 4.69) is 34.3 Å². The van der Waals surface area contributed by atoms with Crippen molar-refractivity contribution in [2.45, 2.75) is 25.9 Å². The Kier molecular flexibility index (Phi) is 4.05. The number of aromatic amines is 1. The zero-order valence-electron chi connectivity index (χ0n) is 11.2. The number of halogens is 1. The predicted octanol–water partition coefficient (Wildman–Crippen LogP) is 4.52. The zero-order chi connectivity index (χ0) is 13.9. The summed E-state index contributed by atoms with van der Waals surface area (Å²) in [7, 11) is 0. The summed E-state index contributed by atoms with van der Waals surface area (Å²) in [6.45, 7) is 2.91. The average molecular weight is 306 g/mol. The minimum absolute atomic E-state index is 0.228. The van der Waals surface area contributed by atoms with E-state index in [-0.39, 0.29) is 6.04 Å². The number of imidazole rings is 1. The SMILES string of the molecule is CCC(NCc1sc2ccccc2c1Cl)c1ncc[nH]1. The van der Waals surface area contributed by atoms with E-state index >= 15 is 0 Å². The molecule has 0 spiro atoms. The van der Waals surface area contributed by atoms with Gasteiger partial charge in [-0.05, 0) is 12.5 Å². The van der Waals surface area contributed by atoms with E-state index in [0.717, 1.165) is 29.2 Å². The van der Waals surface area contributed by atoms with E-state index in [0.29, 0.717) is 0 Å². The number of hydrogen-bond donors (Lipinski definition) is 2. The number of H-pyrrole nitrogens is 1. The van der Waals surface area contributed by atoms with Crippen molar-refractivity contribution in [3.05, 3.63) is 52.4 Å². The average Bonchev–Trinajstić information content (AvgIpc) is 3.10. The standard InChI is InChI=1S/C15H16ClN3S/c1-2-11(15-17-7-8-18-15)19-9-13-14(16)10-5-3-4-6-12(10)20-13/h3-8,11,19H,2,9H2,1H3,(H,17,18). The lowest BCUT2D eigenvalue weighted by atomic mass is 10.2. The van der Waals surface area contributed by atoms with Crippen molar-refractivity contribution in [3.8, 4) is 0 Å². The molecule has 0 radical (unpaired) electrons. The van der Waals surface area contributed by atoms with E-state index in [4.69, 9.17) is 11.6 Å². The number of nitrogens with one attached hydrogen (secondary N) is 2. The maximum atomic E-state index is 6.46. The first-order chi connectivity index (χ1) is 9.79. The fraction of sp³-hybridized carbons (Fsp3) is 0.267. The lowest BCUT2D eigenvalue weighted by Gasteiger charge is -2.13. The fourth-order valence-electron chi connectivity index (χ4n) is 2.30. The molecule has 0 bridgehead atoms. The van der Waals surface area contributed by atoms with Crippen LogP contribution in [0.5, 0.6) is 0 Å². The molecule has 0 aliphatic heterocycles. The Bertz CT molecular complexity index is 690. The summed E-state index contributed by atoms with van der Waals surface area (Å²) in [4.78, 5) is 8.66. The van der Waals surface area contributed by atoms with E-state index in [9.17, 15) is 0 Å². The van der Waals surface area contributed by atoms with Gasteiger partial charge in [-0.3, -0.25) is 0 Å². The highest BCUT2D eigenvalue weighted by atomic mass is 35.5. The third kappa shape index (κ3) is 2.59. The number of hydrogen-bond acceptors (Lipinski definition) is 3. The van der Waals surface area contributed by atoms with E-state index in [1.54, 1.807) is 17.5 Å². The molecule has 0 saturated carbocycles. The lowest BCUT2D eigenvalue weighted by Crippen LogP contribution is -2.21. The molecule has 0 amide bonds. The number of thiophene rings is 1. The van der Waals surface area contributed by atoms with Gasteiger partial charge >= 0.3 is 0 Å². The molecule has 2 N–H and O–H groups in total. The minimum Gasteiger partial charge on any atom is -0.347 e. The van der Waals surface area contributed by atoms with Crippen LogP contribution in [0.15, 0.2) is 36.7 Å². The Morgan fingerprint density at radius 3 is 2.95 bits per heavy atom. The lowest BCUT2D eigenvalue weighted by molar-refractivity contribution is 0.500. The smallest absolute Gasteiger partial charge is 0.123 e. The zero-order valence-corrected chi connectivity index (χ0v) is 12.8. The second-order valence-corrected chi connectivity index (χ2v) is 6.17. The summed E-state index contributed by atoms with van der Waals surface area (Å²) >= 11 is 8.20. The quantitative estimate of drug-likeness (QED) is 0.727. The van der Waals surface area contributed by atoms with Crippen molar-refractivity contribution < 1.29 is 0 Å². The van der Waals surface area contributed by atoms with Crippen molar-refractivity contribution >= 4 is 33.0 Å². The van der Waals surface area contributed by atoms with Gasteiger partial charge in [0, 0.05) is 33.9 Å². The van der Waals surface area contributed by atoms with Gasteiger partial charge in [-0.25, -0.2) is 4.98 Å². The van der Waals surface area contributed by atoms with Gasteiger partial charge in [0.1, 0.15) is 5.82 Å². The van der Waals surface area contributed by atoms with Crippen LogP contribution < -0.4 is 5.32 Å². The van der Waals surface area contributed by atoms with Crippen LogP contribution in [0, 0.1) is 0 Å². The van der Waals surface area contributed by atoms with Gasteiger partial charge in [0.25, 0.3) is 0 Å². The Hall–Kier alpha value is -1.36. The number of aromatic nitrogens is 2. The van der Waals surface area contributed by atoms with Crippen LogP contribution in [-0.2, 0) is 6.54 Å². The molecule has 0 saturated heterocycles. The maximum absolute atomic E-state index is 6.46. The molecule has 0 aliphatic rings. The molecule has 0 fully saturated rings. The highest BCUT2D eigenvalue weighted by molar-refractivity contribution is 7.19. The molecule has 3 rings (SSSR count). The van der Waals surface area contributed by atoms with E-state index in [1.165, 1.54) is 9.58 Å². The summed E-state index contributed by atoms with van der Waals surface area (Å²) in [5, 5.41) is 5.53. The molecule has 1 unspecified atom stereocenters. The number of fused-ring (bicyclic) bond motifs is 1. The summed E-state index contributed by atoms with van der Waals surface area (Å²) in [5.41, 5.74) is 0. The number of nitrogens with zero attached hydrogens (tertiary/aromatic N) is 1. The molecule has 2 aromatic heterocycles. The van der Waals surface area contributed by atoms with Crippen molar-refractivity contribution in [1.29, 1.82) is 0 Å². The largest absolute Gasteiger partial charge is 0.347 e. The summed E-state index contributed by atoms with van der Waals surface area (Å²) in [6.07, 6.45) is 4.62. The molecule has 5 heteroatoms. The first kappa shape index (κ1) is 13.6. The highest BCUT2D eigenvalue weighted by Crippen LogP contribution is 2.35. The van der Waals surface area contributed by atoms with Gasteiger partial charge in [0.05, 0.1) is 11.1 Å². The van der Waals surface area contributed by atoms with Crippen LogP contribution in [0.2, 0.25) is 5.02 Å². The maximum Gasteiger partial charge on any atom is 0.123 e. The van der Waals surface area contributed by atoms with E-state index < -0.39 is 0 Å². The Morgan fingerprint density at radius 2 is 2.25 bits per heavy atom. The van der Waals surface area contributed by atoms with Crippen LogP contribution >= 0.6 is 22.9 Å². The molecule has 20 heavy (non-hydrogen) atoms. The molecular formula is C15H16ClN3S. The summed E-state index contributed by atoms with van der Waals surface area (Å²) < 4.78 is 1.24. The monoisotopic (exact) mass is 305 g/mol. The molecule has 1 atom stereocenters. The van der Waals surface area contributed by atoms with Gasteiger partial charge in [-0.2, -0.15) is 0 Å². The Labute approximate surface area is 127 Å². The Balaban J connectivity index is 1.78. The predicted molar refractivity (Wildman–Crippen MR) is 85.3 cm³/mol. The molecule has 3 aromatic rings. The first-order valence-corrected chi connectivity index (χ1v) is 7.87. The third-order valence-electron chi connectivity index (χ3n) is 3.37. The molecule has 2 heterocycles. The van der Waals surface area contributed by atoms with Gasteiger partial charge in [-0.1, -0.05) is 36.7 Å². The third-order valence-corrected chi connectivity index (χ3v) is 5.08. The van der Waals surface area contributed by atoms with Crippen LogP contribution in [0.1, 0.15) is 30.1 Å². The fourth-order valence-corrected chi connectivity index (χ4v) is 3.75. The molecule has 0 aliphatic carbocycles. The first-order valence-electron chi connectivity index (χ1n) is 6.68. The molecule has 104 valence electrons. The normalized spacial score (nSPS) is 12.9. The molecular weight excluding hydrogens is 290 g/mol. The topological polar surface area (TPSA) is 40.7 Å². The van der Waals surface area contributed by atoms with E-state index in [1.807, 2.05) is 18.3 Å². The molecule has 1 aromatic carbocycles. The highest BCUT2D eigenvalue weighted by Gasteiger charge is 2.14. The second-order valence-electron chi connectivity index (χ2n) is 4.65. The second kappa shape index (κ2) is 5.95. The van der Waals surface area contributed by atoms with Crippen LogP contribution in [0.3, 0.4) is 0 Å². The van der Waals surface area contributed by atoms with Gasteiger partial charge in [-0.15, -0.1) is 11.3 Å². The van der Waals surface area contributed by atoms with Gasteiger partial charge in [0.15, 0.2) is 0 Å². The Morgan fingerprint density at radius 1 is 1.40 bits per heavy atom. The number of benzene rings is 1. The summed E-state index contributed by atoms with van der Waals surface area (Å²) in [5.74, 6) is 0.977. The summed E-state index contributed by atoms with van der Waals surface area (Å²) in [6, 6.07) is 8.48. The van der Waals surface area contributed by atoms with Crippen LogP contribution in [-0.4, -0.2) is 9.97 Å².